The summed E-state index contributed by atoms with van der Waals surface area (Å²) >= 11 is 0. The minimum absolute atomic E-state index is 0.774. The van der Waals surface area contributed by atoms with Gasteiger partial charge in [-0.05, 0) is 26.3 Å². The predicted octanol–water partition coefficient (Wildman–Crippen LogP) is 0.901. The Hall–Kier alpha value is 0.0969. The second kappa shape index (κ2) is 4.87. The predicted molar refractivity (Wildman–Crippen MR) is 46.5 cm³/mol. The van der Waals surface area contributed by atoms with Gasteiger partial charge in [-0.3, -0.25) is 0 Å². The summed E-state index contributed by atoms with van der Waals surface area (Å²) in [6.07, 6.45) is 1.25. The smallest absolute Gasteiger partial charge is 0.279 e. The lowest BCUT2D eigenvalue weighted by molar-refractivity contribution is -0.0899. The van der Waals surface area contributed by atoms with E-state index in [1.165, 1.54) is 12.5 Å². The van der Waals surface area contributed by atoms with Crippen molar-refractivity contribution in [2.24, 2.45) is 0 Å². The highest BCUT2D eigenvalue weighted by atomic mass is 28.3. The molecule has 1 aliphatic heterocycles. The summed E-state index contributed by atoms with van der Waals surface area (Å²) in [5, 5.41) is 0. The van der Waals surface area contributed by atoms with Crippen molar-refractivity contribution in [2.45, 2.75) is 26.3 Å². The molecule has 0 saturated carbocycles. The first kappa shape index (κ1) is 9.19. The van der Waals surface area contributed by atoms with E-state index in [0.29, 0.717) is 0 Å². The van der Waals surface area contributed by atoms with E-state index in [4.69, 9.17) is 9.26 Å². The van der Waals surface area contributed by atoms with Gasteiger partial charge in [-0.1, -0.05) is 0 Å². The molecule has 0 aliphatic carbocycles. The first-order chi connectivity index (χ1) is 5.38. The Kier molecular flexibility index (Phi) is 4.07. The lowest BCUT2D eigenvalue weighted by Gasteiger charge is -2.20. The molecule has 1 saturated heterocycles. The second-order valence-electron chi connectivity index (χ2n) is 2.61. The fourth-order valence-corrected chi connectivity index (χ4v) is 3.71. The van der Waals surface area contributed by atoms with Gasteiger partial charge in [-0.25, -0.2) is 0 Å². The third kappa shape index (κ3) is 2.55. The van der Waals surface area contributed by atoms with Gasteiger partial charge in [0.2, 0.25) is 0 Å². The Labute approximate surface area is 70.0 Å². The topological polar surface area (TPSA) is 21.7 Å². The highest BCUT2D eigenvalue weighted by molar-refractivity contribution is 6.49. The number of hydrogen-bond acceptors (Lipinski definition) is 3. The van der Waals surface area contributed by atoms with Gasteiger partial charge in [0, 0.05) is 13.2 Å². The molecule has 0 spiro atoms. The summed E-state index contributed by atoms with van der Waals surface area (Å²) in [5.41, 5.74) is 0. The van der Waals surface area contributed by atoms with E-state index in [2.05, 4.69) is 11.7 Å². The van der Waals surface area contributed by atoms with Crippen LogP contribution in [0, 0.1) is 0 Å². The molecule has 66 valence electrons. The summed E-state index contributed by atoms with van der Waals surface area (Å²) < 4.78 is 7.69. The molecule has 0 aromatic rings. The van der Waals surface area contributed by atoms with Crippen LogP contribution in [0.25, 0.3) is 0 Å². The maximum absolute atomic E-state index is 5.61. The van der Waals surface area contributed by atoms with Crippen molar-refractivity contribution in [1.29, 1.82) is 0 Å². The van der Waals surface area contributed by atoms with E-state index < -0.39 is 9.20 Å². The molecule has 1 fully saturated rings. The maximum Gasteiger partial charge on any atom is 0.279 e. The summed E-state index contributed by atoms with van der Waals surface area (Å²) in [7, 11) is -1.10. The molecule has 1 rings (SSSR count). The Bertz CT molecular complexity index is 101. The Morgan fingerprint density at radius 1 is 1.36 bits per heavy atom. The van der Waals surface area contributed by atoms with Crippen LogP contribution in [-0.4, -0.2) is 33.7 Å². The fraction of sp³-hybridized carbons (Fsp3) is 1.00. The van der Waals surface area contributed by atoms with Crippen LogP contribution in [0.3, 0.4) is 0 Å². The van der Waals surface area contributed by atoms with E-state index in [1.807, 2.05) is 6.92 Å². The number of hydrogen-bond donors (Lipinski definition) is 0. The minimum Gasteiger partial charge on any atom is -0.404 e. The van der Waals surface area contributed by atoms with E-state index in [0.717, 1.165) is 19.8 Å². The normalized spacial score (nSPS) is 26.2. The zero-order valence-electron chi connectivity index (χ0n) is 7.38. The Morgan fingerprint density at radius 2 is 2.18 bits per heavy atom. The first-order valence-corrected chi connectivity index (χ1v) is 6.20. The van der Waals surface area contributed by atoms with Crippen LogP contribution < -0.4 is 0 Å². The highest BCUT2D eigenvalue weighted by Gasteiger charge is 2.27. The van der Waals surface area contributed by atoms with Crippen LogP contribution in [0.1, 0.15) is 20.3 Å². The van der Waals surface area contributed by atoms with E-state index in [9.17, 15) is 0 Å². The van der Waals surface area contributed by atoms with Gasteiger partial charge in [0.05, 0.1) is 6.61 Å². The van der Waals surface area contributed by atoms with Crippen molar-refractivity contribution in [1.82, 2.24) is 4.73 Å². The molecule has 0 aromatic carbocycles. The molecule has 0 bridgehead atoms. The van der Waals surface area contributed by atoms with Crippen molar-refractivity contribution in [2.75, 3.05) is 19.8 Å². The van der Waals surface area contributed by atoms with Crippen molar-refractivity contribution < 1.29 is 9.26 Å². The van der Waals surface area contributed by atoms with Gasteiger partial charge in [0.1, 0.15) is 0 Å². The van der Waals surface area contributed by atoms with Gasteiger partial charge in [0.15, 0.2) is 0 Å². The fourth-order valence-electron chi connectivity index (χ4n) is 1.38. The van der Waals surface area contributed by atoms with Crippen molar-refractivity contribution >= 4 is 9.20 Å². The Balaban J connectivity index is 2.25. The first-order valence-electron chi connectivity index (χ1n) is 4.39. The molecule has 0 N–H and O–H groups in total. The monoisotopic (exact) mass is 175 g/mol. The van der Waals surface area contributed by atoms with Gasteiger partial charge in [0.25, 0.3) is 9.20 Å². The summed E-state index contributed by atoms with van der Waals surface area (Å²) in [6, 6.07) is 1.24. The zero-order valence-corrected chi connectivity index (χ0v) is 8.53. The molecular weight excluding hydrogens is 158 g/mol. The standard InChI is InChI=1S/C7H17NO2Si/c1-3-9-8-6-5-7-11(8)10-4-2/h11H,3-7H2,1-2H3. The number of nitrogens with zero attached hydrogens (tertiary/aromatic N) is 1. The molecule has 3 nitrogen and oxygen atoms in total. The molecule has 4 heteroatoms. The van der Waals surface area contributed by atoms with E-state index >= 15 is 0 Å². The minimum atomic E-state index is -1.10. The van der Waals surface area contributed by atoms with Crippen LogP contribution in [0.4, 0.5) is 0 Å². The van der Waals surface area contributed by atoms with E-state index in [-0.39, 0.29) is 0 Å². The quantitative estimate of drug-likeness (QED) is 0.593. The van der Waals surface area contributed by atoms with Gasteiger partial charge in [-0.2, -0.15) is 4.73 Å². The molecule has 1 heterocycles. The van der Waals surface area contributed by atoms with Gasteiger partial charge >= 0.3 is 0 Å². The third-order valence-electron chi connectivity index (χ3n) is 1.80. The van der Waals surface area contributed by atoms with Crippen molar-refractivity contribution in [3.63, 3.8) is 0 Å². The Morgan fingerprint density at radius 3 is 2.82 bits per heavy atom. The molecular formula is C7H17NO2Si. The number of rotatable bonds is 4. The average molecular weight is 175 g/mol. The van der Waals surface area contributed by atoms with Crippen LogP contribution in [0.5, 0.6) is 0 Å². The lowest BCUT2D eigenvalue weighted by Crippen LogP contribution is -2.36. The average Bonchev–Trinajstić information content (AvgIpc) is 2.39. The molecule has 1 aliphatic rings. The van der Waals surface area contributed by atoms with Crippen molar-refractivity contribution in [3.8, 4) is 0 Å². The molecule has 0 aromatic heterocycles. The largest absolute Gasteiger partial charge is 0.404 e. The molecule has 1 atom stereocenters. The van der Waals surface area contributed by atoms with Crippen LogP contribution >= 0.6 is 0 Å². The lowest BCUT2D eigenvalue weighted by atomic mass is 10.5. The molecule has 1 unspecified atom stereocenters. The number of hydroxylamine groups is 1. The molecule has 0 radical (unpaired) electrons. The highest BCUT2D eigenvalue weighted by Crippen LogP contribution is 2.15. The third-order valence-corrected chi connectivity index (χ3v) is 4.47. The summed E-state index contributed by atoms with van der Waals surface area (Å²) in [5.74, 6) is 0. The summed E-state index contributed by atoms with van der Waals surface area (Å²) in [4.78, 5) is 5.44. The zero-order chi connectivity index (χ0) is 8.10. The second-order valence-corrected chi connectivity index (χ2v) is 5.01. The maximum atomic E-state index is 5.61. The summed E-state index contributed by atoms with van der Waals surface area (Å²) in [6.45, 7) is 6.76. The van der Waals surface area contributed by atoms with E-state index in [1.54, 1.807) is 0 Å². The van der Waals surface area contributed by atoms with Crippen LogP contribution in [-0.2, 0) is 9.26 Å². The SMILES string of the molecule is CCON1CCC[SiH]1OCC. The van der Waals surface area contributed by atoms with Gasteiger partial charge in [-0.15, -0.1) is 0 Å². The van der Waals surface area contributed by atoms with Crippen LogP contribution in [0.2, 0.25) is 6.04 Å². The van der Waals surface area contributed by atoms with Crippen LogP contribution in [0.15, 0.2) is 0 Å². The molecule has 11 heavy (non-hydrogen) atoms. The molecule has 0 amide bonds. The van der Waals surface area contributed by atoms with Crippen molar-refractivity contribution in [3.05, 3.63) is 0 Å². The van der Waals surface area contributed by atoms with Gasteiger partial charge < -0.3 is 9.26 Å².